The predicted molar refractivity (Wildman–Crippen MR) is 89.7 cm³/mol. The van der Waals surface area contributed by atoms with Gasteiger partial charge < -0.3 is 5.32 Å². The first kappa shape index (κ1) is 14.8. The summed E-state index contributed by atoms with van der Waals surface area (Å²) in [6.45, 7) is 2.10. The van der Waals surface area contributed by atoms with Gasteiger partial charge in [0.1, 0.15) is 0 Å². The maximum atomic E-state index is 12.6. The Morgan fingerprint density at radius 1 is 1.05 bits per heavy atom. The molecule has 0 unspecified atom stereocenters. The number of nitrogens with one attached hydrogen (secondary N) is 1. The van der Waals surface area contributed by atoms with Crippen molar-refractivity contribution in [1.29, 1.82) is 0 Å². The zero-order valence-electron chi connectivity index (χ0n) is 13.1. The smallest absolute Gasteiger partial charge is 0.230 e. The average molecular weight is 293 g/mol. The second kappa shape index (κ2) is 6.35. The highest BCUT2D eigenvalue weighted by molar-refractivity contribution is 5.91. The van der Waals surface area contributed by atoms with Gasteiger partial charge in [0.15, 0.2) is 0 Å². The van der Waals surface area contributed by atoms with Crippen molar-refractivity contribution in [1.82, 2.24) is 5.32 Å². The quantitative estimate of drug-likeness (QED) is 0.861. The number of aryl methyl sites for hydroxylation is 1. The van der Waals surface area contributed by atoms with Crippen molar-refractivity contribution in [2.75, 3.05) is 0 Å². The third kappa shape index (κ3) is 3.22. The highest BCUT2D eigenvalue weighted by Crippen LogP contribution is 2.48. The van der Waals surface area contributed by atoms with Crippen LogP contribution in [0.4, 0.5) is 0 Å². The summed E-state index contributed by atoms with van der Waals surface area (Å²) >= 11 is 0. The first-order chi connectivity index (χ1) is 10.7. The number of hydrogen-bond acceptors (Lipinski definition) is 1. The van der Waals surface area contributed by atoms with Crippen LogP contribution in [0, 0.1) is 0 Å². The van der Waals surface area contributed by atoms with E-state index in [4.69, 9.17) is 0 Å². The summed E-state index contributed by atoms with van der Waals surface area (Å²) in [6.07, 6.45) is 3.91. The van der Waals surface area contributed by atoms with E-state index in [9.17, 15) is 4.79 Å². The van der Waals surface area contributed by atoms with Gasteiger partial charge >= 0.3 is 0 Å². The second-order valence-corrected chi connectivity index (χ2v) is 6.35. The molecule has 0 bridgehead atoms. The van der Waals surface area contributed by atoms with Gasteiger partial charge in [-0.1, -0.05) is 60.7 Å². The van der Waals surface area contributed by atoms with Gasteiger partial charge in [-0.2, -0.15) is 0 Å². The van der Waals surface area contributed by atoms with Crippen molar-refractivity contribution >= 4 is 5.91 Å². The molecular formula is C20H23NO. The van der Waals surface area contributed by atoms with E-state index >= 15 is 0 Å². The second-order valence-electron chi connectivity index (χ2n) is 6.35. The molecule has 2 heteroatoms. The number of carbonyl (C=O) groups is 1. The molecule has 0 spiro atoms. The molecule has 22 heavy (non-hydrogen) atoms. The molecule has 0 heterocycles. The number of carbonyl (C=O) groups excluding carboxylic acids is 1. The lowest BCUT2D eigenvalue weighted by Crippen LogP contribution is -2.40. The average Bonchev–Trinajstić information content (AvgIpc) is 3.37. The van der Waals surface area contributed by atoms with Crippen LogP contribution in [0.2, 0.25) is 0 Å². The Morgan fingerprint density at radius 3 is 2.23 bits per heavy atom. The summed E-state index contributed by atoms with van der Waals surface area (Å²) in [5, 5.41) is 3.21. The van der Waals surface area contributed by atoms with Crippen LogP contribution < -0.4 is 5.32 Å². The summed E-state index contributed by atoms with van der Waals surface area (Å²) < 4.78 is 0. The topological polar surface area (TPSA) is 29.1 Å². The first-order valence-electron chi connectivity index (χ1n) is 8.11. The monoisotopic (exact) mass is 293 g/mol. The van der Waals surface area contributed by atoms with Gasteiger partial charge in [0.2, 0.25) is 5.91 Å². The van der Waals surface area contributed by atoms with Crippen molar-refractivity contribution in [3.8, 4) is 0 Å². The van der Waals surface area contributed by atoms with Crippen LogP contribution in [-0.4, -0.2) is 11.9 Å². The van der Waals surface area contributed by atoms with Crippen LogP contribution in [0.5, 0.6) is 0 Å². The minimum absolute atomic E-state index is 0.194. The maximum Gasteiger partial charge on any atom is 0.230 e. The molecule has 3 rings (SSSR count). The molecule has 1 aliphatic carbocycles. The van der Waals surface area contributed by atoms with Gasteiger partial charge in [0.05, 0.1) is 5.41 Å². The molecule has 1 N–H and O–H groups in total. The number of amides is 1. The summed E-state index contributed by atoms with van der Waals surface area (Å²) in [5.41, 5.74) is 2.22. The molecule has 0 saturated heterocycles. The van der Waals surface area contributed by atoms with E-state index in [1.54, 1.807) is 0 Å². The normalized spacial score (nSPS) is 16.8. The fourth-order valence-corrected chi connectivity index (χ4v) is 2.99. The van der Waals surface area contributed by atoms with Crippen LogP contribution in [0.15, 0.2) is 60.7 Å². The molecular weight excluding hydrogens is 270 g/mol. The van der Waals surface area contributed by atoms with Crippen molar-refractivity contribution in [3.05, 3.63) is 71.8 Å². The van der Waals surface area contributed by atoms with E-state index in [2.05, 4.69) is 48.6 Å². The first-order valence-corrected chi connectivity index (χ1v) is 8.11. The Labute approximate surface area is 132 Å². The molecule has 1 saturated carbocycles. The minimum atomic E-state index is -0.262. The molecule has 1 aliphatic rings. The van der Waals surface area contributed by atoms with E-state index < -0.39 is 0 Å². The zero-order chi connectivity index (χ0) is 15.4. The van der Waals surface area contributed by atoms with Gasteiger partial charge in [-0.15, -0.1) is 0 Å². The van der Waals surface area contributed by atoms with E-state index in [0.717, 1.165) is 31.2 Å². The molecule has 2 nitrogen and oxygen atoms in total. The molecule has 0 radical (unpaired) electrons. The Kier molecular flexibility index (Phi) is 4.28. The standard InChI is InChI=1S/C20H23NO/c1-16(12-13-17-8-4-2-5-9-17)21-19(22)20(14-15-20)18-10-6-3-7-11-18/h2-11,16H,12-15H2,1H3,(H,21,22)/t16-/m0/s1. The Balaban J connectivity index is 1.55. The molecule has 0 aliphatic heterocycles. The maximum absolute atomic E-state index is 12.6. The SMILES string of the molecule is C[C@@H](CCc1ccccc1)NC(=O)C1(c2ccccc2)CC1. The van der Waals surface area contributed by atoms with Crippen LogP contribution in [0.25, 0.3) is 0 Å². The van der Waals surface area contributed by atoms with Gasteiger partial charge in [-0.3, -0.25) is 4.79 Å². The van der Waals surface area contributed by atoms with Gasteiger partial charge in [0.25, 0.3) is 0 Å². The Morgan fingerprint density at radius 2 is 1.64 bits per heavy atom. The van der Waals surface area contributed by atoms with Crippen LogP contribution >= 0.6 is 0 Å². The molecule has 1 atom stereocenters. The van der Waals surface area contributed by atoms with Crippen molar-refractivity contribution < 1.29 is 4.79 Å². The third-order valence-corrected chi connectivity index (χ3v) is 4.60. The Bertz CT molecular complexity index is 617. The predicted octanol–water partition coefficient (Wildman–Crippen LogP) is 3.86. The van der Waals surface area contributed by atoms with Crippen LogP contribution in [0.1, 0.15) is 37.3 Å². The summed E-state index contributed by atoms with van der Waals surface area (Å²) in [5.74, 6) is 0.194. The van der Waals surface area contributed by atoms with E-state index in [0.29, 0.717) is 0 Å². The number of rotatable bonds is 6. The number of benzene rings is 2. The van der Waals surface area contributed by atoms with Crippen LogP contribution in [0.3, 0.4) is 0 Å². The highest BCUT2D eigenvalue weighted by atomic mass is 16.2. The van der Waals surface area contributed by atoms with Gasteiger partial charge in [-0.05, 0) is 43.7 Å². The number of hydrogen-bond donors (Lipinski definition) is 1. The van der Waals surface area contributed by atoms with E-state index in [1.807, 2.05) is 24.3 Å². The molecule has 0 aromatic heterocycles. The lowest BCUT2D eigenvalue weighted by atomic mass is 9.94. The highest BCUT2D eigenvalue weighted by Gasteiger charge is 2.51. The fraction of sp³-hybridized carbons (Fsp3) is 0.350. The minimum Gasteiger partial charge on any atom is -0.353 e. The largest absolute Gasteiger partial charge is 0.353 e. The van der Waals surface area contributed by atoms with Crippen molar-refractivity contribution in [2.45, 2.75) is 44.1 Å². The van der Waals surface area contributed by atoms with E-state index in [-0.39, 0.29) is 17.4 Å². The van der Waals surface area contributed by atoms with Crippen molar-refractivity contribution in [3.63, 3.8) is 0 Å². The zero-order valence-corrected chi connectivity index (χ0v) is 13.1. The summed E-state index contributed by atoms with van der Waals surface area (Å²) in [6, 6.07) is 20.8. The Hall–Kier alpha value is -2.09. The molecule has 1 amide bonds. The third-order valence-electron chi connectivity index (χ3n) is 4.60. The van der Waals surface area contributed by atoms with Gasteiger partial charge in [0, 0.05) is 6.04 Å². The lowest BCUT2D eigenvalue weighted by molar-refractivity contribution is -0.124. The summed E-state index contributed by atoms with van der Waals surface area (Å²) in [4.78, 5) is 12.6. The molecule has 1 fully saturated rings. The molecule has 2 aromatic carbocycles. The van der Waals surface area contributed by atoms with Crippen molar-refractivity contribution in [2.24, 2.45) is 0 Å². The van der Waals surface area contributed by atoms with E-state index in [1.165, 1.54) is 5.56 Å². The fourth-order valence-electron chi connectivity index (χ4n) is 2.99. The molecule has 2 aromatic rings. The van der Waals surface area contributed by atoms with Crippen LogP contribution in [-0.2, 0) is 16.6 Å². The molecule has 114 valence electrons. The summed E-state index contributed by atoms with van der Waals surface area (Å²) in [7, 11) is 0. The van der Waals surface area contributed by atoms with Gasteiger partial charge in [-0.25, -0.2) is 0 Å². The lowest BCUT2D eigenvalue weighted by Gasteiger charge is -2.20.